The van der Waals surface area contributed by atoms with Gasteiger partial charge in [0.1, 0.15) is 11.8 Å². The van der Waals surface area contributed by atoms with E-state index in [0.29, 0.717) is 6.42 Å². The SMILES string of the molecule is COc1ccc2cc(C[C@@H]([NH3+])C(=O)[O-])ccc2c1. The van der Waals surface area contributed by atoms with Gasteiger partial charge >= 0.3 is 0 Å². The number of carboxylic acid groups (broad SMARTS) is 1. The number of methoxy groups -OCH3 is 1. The minimum Gasteiger partial charge on any atom is -0.544 e. The number of hydrogen-bond donors (Lipinski definition) is 1. The molecule has 0 aliphatic heterocycles. The van der Waals surface area contributed by atoms with Gasteiger partial charge in [0.05, 0.1) is 13.1 Å². The molecule has 0 radical (unpaired) electrons. The Balaban J connectivity index is 2.30. The van der Waals surface area contributed by atoms with E-state index in [2.05, 4.69) is 5.73 Å². The van der Waals surface area contributed by atoms with Crippen LogP contribution in [0.2, 0.25) is 0 Å². The number of quaternary nitrogens is 1. The second-order valence-electron chi connectivity index (χ2n) is 4.27. The van der Waals surface area contributed by atoms with E-state index >= 15 is 0 Å². The van der Waals surface area contributed by atoms with Crippen LogP contribution in [0.5, 0.6) is 5.75 Å². The molecule has 0 spiro atoms. The zero-order valence-corrected chi connectivity index (χ0v) is 10.2. The fourth-order valence-electron chi connectivity index (χ4n) is 1.90. The number of hydrogen-bond acceptors (Lipinski definition) is 3. The average Bonchev–Trinajstić information content (AvgIpc) is 2.37. The second kappa shape index (κ2) is 5.06. The Kier molecular flexibility index (Phi) is 3.48. The van der Waals surface area contributed by atoms with E-state index in [1.54, 1.807) is 7.11 Å². The summed E-state index contributed by atoms with van der Waals surface area (Å²) in [5.41, 5.74) is 4.50. The molecule has 4 heteroatoms. The molecule has 0 fully saturated rings. The number of carbonyl (C=O) groups excluding carboxylic acids is 1. The molecule has 0 aliphatic rings. The molecule has 4 nitrogen and oxygen atoms in total. The highest BCUT2D eigenvalue weighted by Gasteiger charge is 2.08. The van der Waals surface area contributed by atoms with E-state index in [9.17, 15) is 9.90 Å². The zero-order valence-electron chi connectivity index (χ0n) is 10.2. The molecule has 2 aromatic rings. The van der Waals surface area contributed by atoms with Crippen LogP contribution in [0.15, 0.2) is 36.4 Å². The van der Waals surface area contributed by atoms with E-state index in [1.165, 1.54) is 0 Å². The average molecular weight is 245 g/mol. The lowest BCUT2D eigenvalue weighted by Crippen LogP contribution is -2.69. The topological polar surface area (TPSA) is 77.0 Å². The summed E-state index contributed by atoms with van der Waals surface area (Å²) in [5, 5.41) is 12.8. The van der Waals surface area contributed by atoms with Crippen molar-refractivity contribution >= 4 is 16.7 Å². The molecule has 0 saturated heterocycles. The van der Waals surface area contributed by atoms with Crippen LogP contribution in [-0.2, 0) is 11.2 Å². The van der Waals surface area contributed by atoms with Gasteiger partial charge in [-0.25, -0.2) is 0 Å². The van der Waals surface area contributed by atoms with Gasteiger partial charge in [0.25, 0.3) is 0 Å². The van der Waals surface area contributed by atoms with Crippen molar-refractivity contribution in [2.24, 2.45) is 0 Å². The first kappa shape index (κ1) is 12.4. The number of rotatable bonds is 4. The van der Waals surface area contributed by atoms with Gasteiger partial charge in [0, 0.05) is 6.42 Å². The third kappa shape index (κ3) is 2.60. The first-order chi connectivity index (χ1) is 8.60. The summed E-state index contributed by atoms with van der Waals surface area (Å²) in [7, 11) is 1.63. The summed E-state index contributed by atoms with van der Waals surface area (Å²) >= 11 is 0. The number of carboxylic acids is 1. The van der Waals surface area contributed by atoms with E-state index in [1.807, 2.05) is 36.4 Å². The monoisotopic (exact) mass is 245 g/mol. The van der Waals surface area contributed by atoms with Crippen LogP contribution in [0.4, 0.5) is 0 Å². The minimum atomic E-state index is -1.12. The molecule has 18 heavy (non-hydrogen) atoms. The molecule has 94 valence electrons. The van der Waals surface area contributed by atoms with Gasteiger partial charge in [-0.2, -0.15) is 0 Å². The molecule has 2 rings (SSSR count). The van der Waals surface area contributed by atoms with Gasteiger partial charge < -0.3 is 20.4 Å². The van der Waals surface area contributed by atoms with Gasteiger partial charge in [0.2, 0.25) is 0 Å². The molecule has 0 aliphatic carbocycles. The number of fused-ring (bicyclic) bond motifs is 1. The standard InChI is InChI=1S/C14H15NO3/c1-18-12-5-4-10-6-9(2-3-11(10)8-12)7-13(15)14(16)17/h2-6,8,13H,7,15H2,1H3,(H,16,17)/t13-/m1/s1. The van der Waals surface area contributed by atoms with Crippen LogP contribution < -0.4 is 15.6 Å². The lowest BCUT2D eigenvalue weighted by molar-refractivity contribution is -0.436. The highest BCUT2D eigenvalue weighted by molar-refractivity contribution is 5.84. The number of carbonyl (C=O) groups is 1. The zero-order chi connectivity index (χ0) is 13.1. The Bertz CT molecular complexity index is 580. The van der Waals surface area contributed by atoms with Gasteiger partial charge in [0.15, 0.2) is 0 Å². The second-order valence-corrected chi connectivity index (χ2v) is 4.27. The molecular formula is C14H15NO3. The van der Waals surface area contributed by atoms with Crippen LogP contribution in [0.3, 0.4) is 0 Å². The summed E-state index contributed by atoms with van der Waals surface area (Å²) < 4.78 is 5.15. The molecule has 0 unspecified atom stereocenters. The number of benzene rings is 2. The molecule has 0 aromatic heterocycles. The van der Waals surface area contributed by atoms with Crippen molar-refractivity contribution in [3.8, 4) is 5.75 Å². The molecule has 3 N–H and O–H groups in total. The summed E-state index contributed by atoms with van der Waals surface area (Å²) in [6.45, 7) is 0. The van der Waals surface area contributed by atoms with Crippen LogP contribution in [0.1, 0.15) is 5.56 Å². The smallest absolute Gasteiger partial charge is 0.129 e. The number of aliphatic carboxylic acids is 1. The fraction of sp³-hybridized carbons (Fsp3) is 0.214. The van der Waals surface area contributed by atoms with Crippen LogP contribution >= 0.6 is 0 Å². The normalized spacial score (nSPS) is 12.3. The largest absolute Gasteiger partial charge is 0.544 e. The van der Waals surface area contributed by atoms with Crippen molar-refractivity contribution in [3.05, 3.63) is 42.0 Å². The van der Waals surface area contributed by atoms with E-state index in [-0.39, 0.29) is 0 Å². The van der Waals surface area contributed by atoms with Crippen molar-refractivity contribution in [1.29, 1.82) is 0 Å². The Morgan fingerprint density at radius 3 is 2.61 bits per heavy atom. The van der Waals surface area contributed by atoms with Crippen LogP contribution in [0, 0.1) is 0 Å². The Labute approximate surface area is 105 Å². The summed E-state index contributed by atoms with van der Waals surface area (Å²) in [6.07, 6.45) is 0.379. The summed E-state index contributed by atoms with van der Waals surface area (Å²) in [5.74, 6) is -0.315. The molecule has 1 atom stereocenters. The quantitative estimate of drug-likeness (QED) is 0.807. The van der Waals surface area contributed by atoms with E-state index in [0.717, 1.165) is 22.1 Å². The van der Waals surface area contributed by atoms with Gasteiger partial charge in [-0.3, -0.25) is 0 Å². The van der Waals surface area contributed by atoms with Gasteiger partial charge in [-0.15, -0.1) is 0 Å². The minimum absolute atomic E-state index is 0.379. The Hall–Kier alpha value is -2.07. The van der Waals surface area contributed by atoms with Crippen molar-refractivity contribution < 1.29 is 20.4 Å². The summed E-state index contributed by atoms with van der Waals surface area (Å²) in [6, 6.07) is 10.9. The maximum atomic E-state index is 10.7. The van der Waals surface area contributed by atoms with Crippen molar-refractivity contribution in [1.82, 2.24) is 0 Å². The molecule has 0 heterocycles. The van der Waals surface area contributed by atoms with Gasteiger partial charge in [-0.1, -0.05) is 24.3 Å². The van der Waals surface area contributed by atoms with Crippen molar-refractivity contribution in [3.63, 3.8) is 0 Å². The Morgan fingerprint density at radius 1 is 1.28 bits per heavy atom. The fourth-order valence-corrected chi connectivity index (χ4v) is 1.90. The van der Waals surface area contributed by atoms with Crippen molar-refractivity contribution in [2.75, 3.05) is 7.11 Å². The predicted molar refractivity (Wildman–Crippen MR) is 65.9 cm³/mol. The van der Waals surface area contributed by atoms with Crippen LogP contribution in [0.25, 0.3) is 10.8 Å². The highest BCUT2D eigenvalue weighted by Crippen LogP contribution is 2.22. The van der Waals surface area contributed by atoms with Crippen molar-refractivity contribution in [2.45, 2.75) is 12.5 Å². The molecule has 0 amide bonds. The third-order valence-electron chi connectivity index (χ3n) is 2.93. The Morgan fingerprint density at radius 2 is 1.94 bits per heavy atom. The molecule has 2 aromatic carbocycles. The van der Waals surface area contributed by atoms with Gasteiger partial charge in [-0.05, 0) is 28.5 Å². The number of ether oxygens (including phenoxy) is 1. The first-order valence-electron chi connectivity index (χ1n) is 5.71. The third-order valence-corrected chi connectivity index (χ3v) is 2.93. The van der Waals surface area contributed by atoms with E-state index < -0.39 is 12.0 Å². The predicted octanol–water partition coefficient (Wildman–Crippen LogP) is -0.249. The molecular weight excluding hydrogens is 230 g/mol. The lowest BCUT2D eigenvalue weighted by Gasteiger charge is -2.10. The summed E-state index contributed by atoms with van der Waals surface area (Å²) in [4.78, 5) is 10.7. The molecule has 0 bridgehead atoms. The lowest BCUT2D eigenvalue weighted by atomic mass is 10.0. The highest BCUT2D eigenvalue weighted by atomic mass is 16.5. The van der Waals surface area contributed by atoms with E-state index in [4.69, 9.17) is 4.74 Å². The maximum Gasteiger partial charge on any atom is 0.129 e. The van der Waals surface area contributed by atoms with Crippen LogP contribution in [-0.4, -0.2) is 19.1 Å². The first-order valence-corrected chi connectivity index (χ1v) is 5.71. The molecule has 0 saturated carbocycles. The maximum absolute atomic E-state index is 10.7.